The van der Waals surface area contributed by atoms with Crippen molar-refractivity contribution in [1.82, 2.24) is 29.7 Å². The lowest BCUT2D eigenvalue weighted by atomic mass is 10.2. The van der Waals surface area contributed by atoms with Gasteiger partial charge in [-0.25, -0.2) is 19.9 Å². The van der Waals surface area contributed by atoms with Crippen molar-refractivity contribution < 1.29 is 9.59 Å². The third-order valence-electron chi connectivity index (χ3n) is 5.03. The van der Waals surface area contributed by atoms with Crippen LogP contribution >= 0.6 is 0 Å². The van der Waals surface area contributed by atoms with Crippen molar-refractivity contribution in [3.63, 3.8) is 0 Å². The van der Waals surface area contributed by atoms with Gasteiger partial charge in [-0.05, 0) is 6.07 Å². The summed E-state index contributed by atoms with van der Waals surface area (Å²) in [6.45, 7) is 5.28. The predicted molar refractivity (Wildman–Crippen MR) is 102 cm³/mol. The third kappa shape index (κ3) is 3.85. The van der Waals surface area contributed by atoms with Gasteiger partial charge in [0.1, 0.15) is 0 Å². The Balaban J connectivity index is 1.33. The largest absolute Gasteiger partial charge is 0.342 e. The van der Waals surface area contributed by atoms with E-state index < -0.39 is 0 Å². The molecule has 10 heteroatoms. The van der Waals surface area contributed by atoms with E-state index in [9.17, 15) is 9.59 Å². The minimum Gasteiger partial charge on any atom is -0.342 e. The molecule has 0 spiro atoms. The first-order valence-electron chi connectivity index (χ1n) is 9.32. The zero-order chi connectivity index (χ0) is 19.3. The summed E-state index contributed by atoms with van der Waals surface area (Å²) < 4.78 is 0. The van der Waals surface area contributed by atoms with Gasteiger partial charge in [-0.1, -0.05) is 0 Å². The summed E-state index contributed by atoms with van der Waals surface area (Å²) in [5, 5.41) is 0. The number of aromatic nitrogens is 4. The molecular formula is C18H22N8O2. The van der Waals surface area contributed by atoms with Gasteiger partial charge in [0.15, 0.2) is 0 Å². The van der Waals surface area contributed by atoms with Crippen LogP contribution in [0.15, 0.2) is 30.9 Å². The highest BCUT2D eigenvalue weighted by molar-refractivity contribution is 5.93. The second-order valence-corrected chi connectivity index (χ2v) is 6.73. The fourth-order valence-electron chi connectivity index (χ4n) is 3.37. The molecule has 2 fully saturated rings. The minimum atomic E-state index is -0.0639. The standard InChI is InChI=1S/C18H22N8O2/c27-14-23-4-6-25(7-5-23)18-21-12-15(13-22-18)16(28)24-8-10-26(11-9-24)17-19-2-1-3-20-17/h1-3,12-14H,4-11H2. The summed E-state index contributed by atoms with van der Waals surface area (Å²) in [7, 11) is 0. The van der Waals surface area contributed by atoms with E-state index in [0.29, 0.717) is 69.8 Å². The Kier molecular flexibility index (Phi) is 5.27. The van der Waals surface area contributed by atoms with Crippen LogP contribution < -0.4 is 9.80 Å². The molecular weight excluding hydrogens is 360 g/mol. The van der Waals surface area contributed by atoms with E-state index in [4.69, 9.17) is 0 Å². The van der Waals surface area contributed by atoms with Gasteiger partial charge in [-0.3, -0.25) is 9.59 Å². The van der Waals surface area contributed by atoms with Gasteiger partial charge >= 0.3 is 0 Å². The highest BCUT2D eigenvalue weighted by Gasteiger charge is 2.24. The molecule has 0 saturated carbocycles. The Labute approximate surface area is 162 Å². The smallest absolute Gasteiger partial charge is 0.257 e. The van der Waals surface area contributed by atoms with E-state index in [1.807, 2.05) is 4.90 Å². The number of rotatable bonds is 4. The molecule has 0 N–H and O–H groups in total. The number of piperazine rings is 2. The molecule has 28 heavy (non-hydrogen) atoms. The lowest BCUT2D eigenvalue weighted by molar-refractivity contribution is -0.118. The van der Waals surface area contributed by atoms with Crippen LogP contribution in [0.5, 0.6) is 0 Å². The second kappa shape index (κ2) is 8.15. The molecule has 10 nitrogen and oxygen atoms in total. The summed E-state index contributed by atoms with van der Waals surface area (Å²) in [5.41, 5.74) is 0.486. The summed E-state index contributed by atoms with van der Waals surface area (Å²) in [4.78, 5) is 48.4. The Bertz CT molecular complexity index is 800. The molecule has 2 aliphatic rings. The molecule has 2 aliphatic heterocycles. The van der Waals surface area contributed by atoms with Crippen LogP contribution in [0.4, 0.5) is 11.9 Å². The number of anilines is 2. The van der Waals surface area contributed by atoms with Crippen LogP contribution in [0.2, 0.25) is 0 Å². The average molecular weight is 382 g/mol. The first-order valence-corrected chi connectivity index (χ1v) is 9.32. The molecule has 0 atom stereocenters. The van der Waals surface area contributed by atoms with Gasteiger partial charge in [-0.2, -0.15) is 0 Å². The van der Waals surface area contributed by atoms with Crippen molar-refractivity contribution in [2.75, 3.05) is 62.2 Å². The summed E-state index contributed by atoms with van der Waals surface area (Å²) in [6.07, 6.45) is 7.48. The minimum absolute atomic E-state index is 0.0639. The molecule has 0 radical (unpaired) electrons. The molecule has 2 saturated heterocycles. The third-order valence-corrected chi connectivity index (χ3v) is 5.03. The monoisotopic (exact) mass is 382 g/mol. The zero-order valence-electron chi connectivity index (χ0n) is 15.5. The van der Waals surface area contributed by atoms with Gasteiger partial charge in [0, 0.05) is 77.1 Å². The molecule has 0 aliphatic carbocycles. The van der Waals surface area contributed by atoms with Crippen LogP contribution in [0.3, 0.4) is 0 Å². The van der Waals surface area contributed by atoms with Crippen LogP contribution in [0.25, 0.3) is 0 Å². The topological polar surface area (TPSA) is 98.7 Å². The van der Waals surface area contributed by atoms with Crippen LogP contribution in [-0.4, -0.2) is 94.4 Å². The number of carbonyl (C=O) groups excluding carboxylic acids is 2. The van der Waals surface area contributed by atoms with Crippen molar-refractivity contribution in [3.05, 3.63) is 36.4 Å². The number of amides is 2. The highest BCUT2D eigenvalue weighted by Crippen LogP contribution is 2.14. The quantitative estimate of drug-likeness (QED) is 0.653. The van der Waals surface area contributed by atoms with Crippen molar-refractivity contribution in [2.24, 2.45) is 0 Å². The Morgan fingerprint density at radius 1 is 0.786 bits per heavy atom. The molecule has 0 unspecified atom stereocenters. The maximum atomic E-state index is 12.7. The predicted octanol–water partition coefficient (Wildman–Crippen LogP) is -0.493. The molecule has 2 amide bonds. The van der Waals surface area contributed by atoms with E-state index in [-0.39, 0.29) is 5.91 Å². The molecule has 0 bridgehead atoms. The van der Waals surface area contributed by atoms with Crippen molar-refractivity contribution in [1.29, 1.82) is 0 Å². The molecule has 2 aromatic heterocycles. The fraction of sp³-hybridized carbons (Fsp3) is 0.444. The molecule has 0 aromatic carbocycles. The summed E-state index contributed by atoms with van der Waals surface area (Å²) in [6, 6.07) is 1.79. The van der Waals surface area contributed by atoms with Gasteiger partial charge in [0.2, 0.25) is 18.3 Å². The van der Waals surface area contributed by atoms with E-state index >= 15 is 0 Å². The second-order valence-electron chi connectivity index (χ2n) is 6.73. The summed E-state index contributed by atoms with van der Waals surface area (Å²) >= 11 is 0. The lowest BCUT2D eigenvalue weighted by Crippen LogP contribution is -2.49. The van der Waals surface area contributed by atoms with Crippen LogP contribution in [0, 0.1) is 0 Å². The maximum absolute atomic E-state index is 12.7. The molecule has 4 heterocycles. The maximum Gasteiger partial charge on any atom is 0.257 e. The normalized spacial score (nSPS) is 17.6. The van der Waals surface area contributed by atoms with Crippen LogP contribution in [0.1, 0.15) is 10.4 Å². The molecule has 4 rings (SSSR count). The Hall–Kier alpha value is -3.30. The first kappa shape index (κ1) is 18.1. The van der Waals surface area contributed by atoms with E-state index in [0.717, 1.165) is 6.41 Å². The van der Waals surface area contributed by atoms with Gasteiger partial charge < -0.3 is 19.6 Å². The lowest BCUT2D eigenvalue weighted by Gasteiger charge is -2.34. The summed E-state index contributed by atoms with van der Waals surface area (Å²) in [5.74, 6) is 1.22. The van der Waals surface area contributed by atoms with E-state index in [2.05, 4.69) is 24.8 Å². The number of hydrogen-bond donors (Lipinski definition) is 0. The van der Waals surface area contributed by atoms with Crippen molar-refractivity contribution in [3.8, 4) is 0 Å². The molecule has 146 valence electrons. The van der Waals surface area contributed by atoms with Crippen molar-refractivity contribution in [2.45, 2.75) is 0 Å². The van der Waals surface area contributed by atoms with E-state index in [1.54, 1.807) is 40.7 Å². The SMILES string of the molecule is O=CN1CCN(c2ncc(C(=O)N3CCN(c4ncccn4)CC3)cn2)CC1. The van der Waals surface area contributed by atoms with E-state index in [1.165, 1.54) is 0 Å². The highest BCUT2D eigenvalue weighted by atomic mass is 16.2. The number of carbonyl (C=O) groups is 2. The van der Waals surface area contributed by atoms with Gasteiger partial charge in [0.25, 0.3) is 5.91 Å². The molecule has 2 aromatic rings. The number of nitrogens with zero attached hydrogens (tertiary/aromatic N) is 8. The van der Waals surface area contributed by atoms with Crippen LogP contribution in [-0.2, 0) is 4.79 Å². The van der Waals surface area contributed by atoms with Gasteiger partial charge in [0.05, 0.1) is 5.56 Å². The number of hydrogen-bond acceptors (Lipinski definition) is 8. The Morgan fingerprint density at radius 3 is 1.89 bits per heavy atom. The fourth-order valence-corrected chi connectivity index (χ4v) is 3.37. The zero-order valence-corrected chi connectivity index (χ0v) is 15.5. The van der Waals surface area contributed by atoms with Crippen molar-refractivity contribution >= 4 is 24.2 Å². The van der Waals surface area contributed by atoms with Gasteiger partial charge in [-0.15, -0.1) is 0 Å². The first-order chi connectivity index (χ1) is 13.7. The Morgan fingerprint density at radius 2 is 1.32 bits per heavy atom. The average Bonchev–Trinajstić information content (AvgIpc) is 2.79.